The van der Waals surface area contributed by atoms with E-state index in [1.165, 1.54) is 0 Å². The molecule has 0 fully saturated rings. The minimum absolute atomic E-state index is 0.0431. The number of nitrogens with zero attached hydrogens (tertiary/aromatic N) is 6. The summed E-state index contributed by atoms with van der Waals surface area (Å²) in [5.41, 5.74) is 10.7. The van der Waals surface area contributed by atoms with Crippen molar-refractivity contribution < 1.29 is 0 Å². The van der Waals surface area contributed by atoms with Crippen molar-refractivity contribution in [3.8, 4) is 11.6 Å². The molecule has 0 atom stereocenters. The molecule has 0 saturated heterocycles. The molecule has 74 valence electrons. The number of aromatic nitrogens is 6. The molecule has 0 aliphatic heterocycles. The molecule has 0 radical (unpaired) electrons. The third-order valence-electron chi connectivity index (χ3n) is 1.64. The molecular formula is C4H8N10. The summed E-state index contributed by atoms with van der Waals surface area (Å²) in [6, 6.07) is 0. The van der Waals surface area contributed by atoms with E-state index in [0.717, 1.165) is 9.35 Å². The first kappa shape index (κ1) is 8.10. The van der Waals surface area contributed by atoms with Crippen molar-refractivity contribution in [1.29, 1.82) is 0 Å². The average molecular weight is 196 g/mol. The van der Waals surface area contributed by atoms with Crippen LogP contribution in [0.1, 0.15) is 0 Å². The molecule has 2 rings (SSSR count). The van der Waals surface area contributed by atoms with E-state index in [4.69, 9.17) is 23.2 Å². The Bertz CT molecular complexity index is 420. The fourth-order valence-electron chi connectivity index (χ4n) is 0.912. The van der Waals surface area contributed by atoms with Gasteiger partial charge in [-0.2, -0.15) is 0 Å². The van der Waals surface area contributed by atoms with E-state index in [2.05, 4.69) is 20.4 Å². The van der Waals surface area contributed by atoms with Crippen LogP contribution in [0, 0.1) is 0 Å². The number of rotatable bonds is 1. The van der Waals surface area contributed by atoms with Crippen LogP contribution < -0.4 is 23.2 Å². The summed E-state index contributed by atoms with van der Waals surface area (Å²) in [7, 11) is 0. The number of anilines is 2. The summed E-state index contributed by atoms with van der Waals surface area (Å²) >= 11 is 0. The molecule has 2 aromatic heterocycles. The molecule has 14 heavy (non-hydrogen) atoms. The first-order valence-electron chi connectivity index (χ1n) is 3.53. The summed E-state index contributed by atoms with van der Waals surface area (Å²) in [4.78, 5) is 0. The monoisotopic (exact) mass is 196 g/mol. The Morgan fingerprint density at radius 1 is 0.714 bits per heavy atom. The van der Waals surface area contributed by atoms with E-state index in [-0.39, 0.29) is 23.5 Å². The van der Waals surface area contributed by atoms with Crippen LogP contribution >= 0.6 is 0 Å². The minimum Gasteiger partial charge on any atom is -0.366 e. The summed E-state index contributed by atoms with van der Waals surface area (Å²) < 4.78 is 2.07. The maximum absolute atomic E-state index is 5.50. The van der Waals surface area contributed by atoms with Crippen LogP contribution in [0.25, 0.3) is 11.6 Å². The quantitative estimate of drug-likeness (QED) is 0.353. The molecule has 0 aromatic carbocycles. The van der Waals surface area contributed by atoms with E-state index in [1.807, 2.05) is 0 Å². The molecular weight excluding hydrogens is 188 g/mol. The zero-order valence-corrected chi connectivity index (χ0v) is 6.99. The standard InChI is InChI=1S/C4H8N10/c5-3-11-9-1(13(3)7)2-10-12-4(6)14(2)8/h7-8H2,(H2,5,11)(H2,6,12). The Morgan fingerprint density at radius 3 is 1.29 bits per heavy atom. The Balaban J connectivity index is 2.60. The number of hydrogen-bond donors (Lipinski definition) is 4. The third-order valence-corrected chi connectivity index (χ3v) is 1.64. The largest absolute Gasteiger partial charge is 0.366 e. The molecule has 10 nitrogen and oxygen atoms in total. The van der Waals surface area contributed by atoms with Gasteiger partial charge in [-0.1, -0.05) is 0 Å². The van der Waals surface area contributed by atoms with Gasteiger partial charge >= 0.3 is 0 Å². The van der Waals surface area contributed by atoms with Crippen molar-refractivity contribution in [3.05, 3.63) is 0 Å². The lowest BCUT2D eigenvalue weighted by Crippen LogP contribution is -2.18. The van der Waals surface area contributed by atoms with Crippen LogP contribution in [0.15, 0.2) is 0 Å². The van der Waals surface area contributed by atoms with Gasteiger partial charge in [0.25, 0.3) is 0 Å². The molecule has 2 aromatic rings. The molecule has 2 heterocycles. The SMILES string of the molecule is Nc1nnc(-c2nnc(N)n2N)n1N. The van der Waals surface area contributed by atoms with Crippen molar-refractivity contribution in [1.82, 2.24) is 29.7 Å². The van der Waals surface area contributed by atoms with Crippen LogP contribution in [0.5, 0.6) is 0 Å². The highest BCUT2D eigenvalue weighted by Crippen LogP contribution is 2.13. The van der Waals surface area contributed by atoms with Gasteiger partial charge in [0.2, 0.25) is 23.5 Å². The second-order valence-electron chi connectivity index (χ2n) is 2.50. The van der Waals surface area contributed by atoms with Crippen LogP contribution in [0.4, 0.5) is 11.9 Å². The van der Waals surface area contributed by atoms with Gasteiger partial charge in [0.1, 0.15) is 0 Å². The highest BCUT2D eigenvalue weighted by molar-refractivity contribution is 5.49. The molecule has 0 aliphatic rings. The highest BCUT2D eigenvalue weighted by atomic mass is 15.5. The number of hydrogen-bond acceptors (Lipinski definition) is 8. The summed E-state index contributed by atoms with van der Waals surface area (Å²) in [5, 5.41) is 14.4. The van der Waals surface area contributed by atoms with Crippen LogP contribution in [-0.2, 0) is 0 Å². The lowest BCUT2D eigenvalue weighted by molar-refractivity contribution is 0.943. The molecule has 0 amide bonds. The first-order valence-corrected chi connectivity index (χ1v) is 3.53. The smallest absolute Gasteiger partial charge is 0.241 e. The molecule has 0 bridgehead atoms. The Morgan fingerprint density at radius 2 is 1.07 bits per heavy atom. The van der Waals surface area contributed by atoms with Crippen molar-refractivity contribution in [3.63, 3.8) is 0 Å². The fourth-order valence-corrected chi connectivity index (χ4v) is 0.912. The van der Waals surface area contributed by atoms with Crippen LogP contribution in [0.2, 0.25) is 0 Å². The van der Waals surface area contributed by atoms with Gasteiger partial charge in [-0.05, 0) is 0 Å². The third kappa shape index (κ3) is 0.903. The molecule has 0 aliphatic carbocycles. The Labute approximate surface area is 77.4 Å². The predicted molar refractivity (Wildman–Crippen MR) is 48.2 cm³/mol. The number of nitrogen functional groups attached to an aromatic ring is 4. The van der Waals surface area contributed by atoms with Gasteiger partial charge in [0.05, 0.1) is 0 Å². The van der Waals surface area contributed by atoms with Gasteiger partial charge in [0, 0.05) is 0 Å². The van der Waals surface area contributed by atoms with Gasteiger partial charge in [-0.3, -0.25) is 0 Å². The molecule has 8 N–H and O–H groups in total. The molecule has 0 saturated carbocycles. The first-order chi connectivity index (χ1) is 6.61. The van der Waals surface area contributed by atoms with Crippen molar-refractivity contribution >= 4 is 11.9 Å². The summed E-state index contributed by atoms with van der Waals surface area (Å²) in [5.74, 6) is 11.5. The van der Waals surface area contributed by atoms with E-state index >= 15 is 0 Å². The normalized spacial score (nSPS) is 10.6. The Kier molecular flexibility index (Phi) is 1.44. The maximum atomic E-state index is 5.50. The summed E-state index contributed by atoms with van der Waals surface area (Å²) in [6.45, 7) is 0. The Hall–Kier alpha value is -2.52. The van der Waals surface area contributed by atoms with Gasteiger partial charge < -0.3 is 23.2 Å². The van der Waals surface area contributed by atoms with E-state index in [9.17, 15) is 0 Å². The molecule has 0 spiro atoms. The molecule has 10 heteroatoms. The van der Waals surface area contributed by atoms with E-state index in [0.29, 0.717) is 0 Å². The predicted octanol–water partition coefficient (Wildman–Crippen LogP) is -2.87. The molecule has 0 unspecified atom stereocenters. The van der Waals surface area contributed by atoms with Crippen molar-refractivity contribution in [2.24, 2.45) is 0 Å². The van der Waals surface area contributed by atoms with Gasteiger partial charge in [-0.25, -0.2) is 9.35 Å². The number of nitrogens with two attached hydrogens (primary N) is 4. The minimum atomic E-state index is 0.0431. The second kappa shape index (κ2) is 2.48. The zero-order chi connectivity index (χ0) is 10.3. The van der Waals surface area contributed by atoms with Crippen LogP contribution in [-0.4, -0.2) is 29.7 Å². The maximum Gasteiger partial charge on any atom is 0.241 e. The van der Waals surface area contributed by atoms with Crippen molar-refractivity contribution in [2.75, 3.05) is 23.2 Å². The lowest BCUT2D eigenvalue weighted by Gasteiger charge is -1.99. The van der Waals surface area contributed by atoms with Gasteiger partial charge in [0.15, 0.2) is 0 Å². The van der Waals surface area contributed by atoms with E-state index in [1.54, 1.807) is 0 Å². The highest BCUT2D eigenvalue weighted by Gasteiger charge is 2.16. The zero-order valence-electron chi connectivity index (χ0n) is 6.99. The van der Waals surface area contributed by atoms with Gasteiger partial charge in [-0.15, -0.1) is 20.4 Å². The average Bonchev–Trinajstić information content (AvgIpc) is 2.63. The van der Waals surface area contributed by atoms with Crippen molar-refractivity contribution in [2.45, 2.75) is 0 Å². The fraction of sp³-hybridized carbons (Fsp3) is 0. The topological polar surface area (TPSA) is 166 Å². The summed E-state index contributed by atoms with van der Waals surface area (Å²) in [6.07, 6.45) is 0. The lowest BCUT2D eigenvalue weighted by atomic mass is 10.6. The van der Waals surface area contributed by atoms with E-state index < -0.39 is 0 Å². The van der Waals surface area contributed by atoms with Crippen LogP contribution in [0.3, 0.4) is 0 Å². The second-order valence-corrected chi connectivity index (χ2v) is 2.50.